The van der Waals surface area contributed by atoms with Crippen LogP contribution in [0.25, 0.3) is 16.7 Å². The molecular weight excluding hydrogens is 420 g/mol. The molecule has 4 radical (unpaired) electrons. The predicted octanol–water partition coefficient (Wildman–Crippen LogP) is 6.62. The summed E-state index contributed by atoms with van der Waals surface area (Å²) in [5, 5.41) is 0. The fraction of sp³-hybridized carbons (Fsp3) is 0.103. The quantitative estimate of drug-likeness (QED) is 0.328. The molecule has 32 heavy (non-hydrogen) atoms. The minimum atomic E-state index is 0.505. The molecular formula is C29H20OSi2. The molecule has 3 aromatic carbocycles. The highest BCUT2D eigenvalue weighted by molar-refractivity contribution is 6.53. The molecule has 7 rings (SSSR count). The Morgan fingerprint density at radius 3 is 1.69 bits per heavy atom. The summed E-state index contributed by atoms with van der Waals surface area (Å²) in [6, 6.07) is 32.6. The standard InChI is InChI=1S/C29H20OSi2/c1-4-10-18(11-5-1)23-24(19-12-6-2-7-13-19)27-26-21-16-17-22(31-21)29(26)32-30-28(27)25(23)20-14-8-3-9-15-20/h1-17,21-22,29H/t21-,22+,29-/m0/s1. The number of fused-ring (bicyclic) bond motifs is 6. The number of hydrogen-bond donors (Lipinski definition) is 0. The first kappa shape index (κ1) is 18.4. The lowest BCUT2D eigenvalue weighted by atomic mass is 9.86. The van der Waals surface area contributed by atoms with Crippen LogP contribution in [0.3, 0.4) is 0 Å². The maximum Gasteiger partial charge on any atom is 0.319 e. The molecule has 3 heteroatoms. The van der Waals surface area contributed by atoms with E-state index in [-0.39, 0.29) is 0 Å². The monoisotopic (exact) mass is 440 g/mol. The summed E-state index contributed by atoms with van der Waals surface area (Å²) >= 11 is 0. The van der Waals surface area contributed by atoms with E-state index in [1.165, 1.54) is 39.0 Å². The number of rotatable bonds is 3. The van der Waals surface area contributed by atoms with Gasteiger partial charge in [0.05, 0.1) is 9.52 Å². The van der Waals surface area contributed by atoms with Crippen molar-refractivity contribution in [2.75, 3.05) is 0 Å². The SMILES string of the molecule is C1=C[C@H]2[Si][C@@H]1C1=C3C(=C(c4ccccc4)C(c4ccccc4)=C3c3ccccc3)O[Si][C@H]12. The van der Waals surface area contributed by atoms with Crippen LogP contribution in [0.2, 0.25) is 16.6 Å². The van der Waals surface area contributed by atoms with Crippen LogP contribution in [0.5, 0.6) is 0 Å². The summed E-state index contributed by atoms with van der Waals surface area (Å²) in [5.74, 6) is 1.10. The molecule has 0 saturated carbocycles. The zero-order valence-electron chi connectivity index (χ0n) is 17.5. The van der Waals surface area contributed by atoms with Crippen LogP contribution in [0.4, 0.5) is 0 Å². The van der Waals surface area contributed by atoms with Gasteiger partial charge in [0.1, 0.15) is 5.76 Å². The maximum absolute atomic E-state index is 6.72. The van der Waals surface area contributed by atoms with Gasteiger partial charge in [-0.3, -0.25) is 0 Å². The van der Waals surface area contributed by atoms with E-state index in [1.54, 1.807) is 5.57 Å². The molecule has 3 heterocycles. The highest BCUT2D eigenvalue weighted by Crippen LogP contribution is 2.63. The summed E-state index contributed by atoms with van der Waals surface area (Å²) in [5.41, 5.74) is 12.5. The second-order valence-corrected chi connectivity index (χ2v) is 11.3. The molecule has 0 aromatic heterocycles. The molecule has 2 bridgehead atoms. The molecule has 0 spiro atoms. The van der Waals surface area contributed by atoms with Gasteiger partial charge in [0.15, 0.2) is 0 Å². The molecule has 150 valence electrons. The molecule has 1 saturated heterocycles. The second-order valence-electron chi connectivity index (χ2n) is 8.64. The lowest BCUT2D eigenvalue weighted by molar-refractivity contribution is 0.451. The van der Waals surface area contributed by atoms with E-state index in [4.69, 9.17) is 4.43 Å². The Bertz CT molecular complexity index is 1330. The zero-order valence-corrected chi connectivity index (χ0v) is 19.5. The Hall–Kier alpha value is -3.15. The topological polar surface area (TPSA) is 9.23 Å². The molecule has 1 fully saturated rings. The summed E-state index contributed by atoms with van der Waals surface area (Å²) < 4.78 is 6.72. The first-order valence-corrected chi connectivity index (χ1v) is 13.3. The highest BCUT2D eigenvalue weighted by Gasteiger charge is 2.49. The van der Waals surface area contributed by atoms with E-state index >= 15 is 0 Å². The van der Waals surface area contributed by atoms with Gasteiger partial charge in [-0.05, 0) is 27.8 Å². The molecule has 0 N–H and O–H groups in total. The van der Waals surface area contributed by atoms with Crippen molar-refractivity contribution >= 4 is 36.0 Å². The highest BCUT2D eigenvalue weighted by atomic mass is 28.2. The van der Waals surface area contributed by atoms with Crippen LogP contribution in [-0.4, -0.2) is 19.3 Å². The van der Waals surface area contributed by atoms with Crippen molar-refractivity contribution in [3.8, 4) is 0 Å². The fourth-order valence-corrected chi connectivity index (χ4v) is 9.11. The average molecular weight is 441 g/mol. The van der Waals surface area contributed by atoms with Gasteiger partial charge in [-0.1, -0.05) is 109 Å². The molecule has 3 atom stereocenters. The van der Waals surface area contributed by atoms with E-state index in [9.17, 15) is 0 Å². The van der Waals surface area contributed by atoms with Crippen molar-refractivity contribution in [2.24, 2.45) is 0 Å². The van der Waals surface area contributed by atoms with Crippen LogP contribution in [-0.2, 0) is 4.43 Å². The normalized spacial score (nSPS) is 25.3. The van der Waals surface area contributed by atoms with Gasteiger partial charge >= 0.3 is 9.76 Å². The van der Waals surface area contributed by atoms with E-state index in [2.05, 4.69) is 103 Å². The third kappa shape index (κ3) is 2.61. The Morgan fingerprint density at radius 2 is 1.09 bits per heavy atom. The van der Waals surface area contributed by atoms with Crippen molar-refractivity contribution < 1.29 is 4.43 Å². The molecule has 1 aliphatic carbocycles. The van der Waals surface area contributed by atoms with E-state index < -0.39 is 0 Å². The maximum atomic E-state index is 6.72. The molecule has 0 unspecified atom stereocenters. The third-order valence-electron chi connectivity index (χ3n) is 6.88. The van der Waals surface area contributed by atoms with Gasteiger partial charge in [-0.15, -0.1) is 0 Å². The average Bonchev–Trinajstić information content (AvgIpc) is 3.57. The predicted molar refractivity (Wildman–Crippen MR) is 133 cm³/mol. The molecule has 3 aromatic rings. The number of allylic oxidation sites excluding steroid dienone is 6. The van der Waals surface area contributed by atoms with Gasteiger partial charge < -0.3 is 4.43 Å². The summed E-state index contributed by atoms with van der Waals surface area (Å²) in [6.45, 7) is 0. The van der Waals surface area contributed by atoms with E-state index in [0.717, 1.165) is 15.3 Å². The van der Waals surface area contributed by atoms with Crippen LogP contribution < -0.4 is 0 Å². The minimum Gasteiger partial charge on any atom is -0.539 e. The third-order valence-corrected chi connectivity index (χ3v) is 10.2. The van der Waals surface area contributed by atoms with Crippen LogP contribution >= 0.6 is 0 Å². The smallest absolute Gasteiger partial charge is 0.319 e. The van der Waals surface area contributed by atoms with Crippen LogP contribution in [0.1, 0.15) is 16.7 Å². The molecule has 1 nitrogen and oxygen atoms in total. The van der Waals surface area contributed by atoms with Gasteiger partial charge in [-0.25, -0.2) is 0 Å². The fourth-order valence-electron chi connectivity index (χ4n) is 5.55. The summed E-state index contributed by atoms with van der Waals surface area (Å²) in [6.07, 6.45) is 4.90. The van der Waals surface area contributed by atoms with Gasteiger partial charge in [0.25, 0.3) is 0 Å². The largest absolute Gasteiger partial charge is 0.539 e. The molecule has 0 amide bonds. The summed E-state index contributed by atoms with van der Waals surface area (Å²) in [7, 11) is 1.47. The number of benzene rings is 3. The van der Waals surface area contributed by atoms with E-state index in [1.807, 2.05) is 0 Å². The minimum absolute atomic E-state index is 0.505. The van der Waals surface area contributed by atoms with E-state index in [0.29, 0.717) is 26.4 Å². The van der Waals surface area contributed by atoms with Gasteiger partial charge in [0, 0.05) is 27.8 Å². The Kier molecular flexibility index (Phi) is 4.14. The Balaban J connectivity index is 1.61. The first-order valence-electron chi connectivity index (χ1n) is 11.2. The van der Waals surface area contributed by atoms with Crippen molar-refractivity contribution in [1.82, 2.24) is 0 Å². The van der Waals surface area contributed by atoms with Crippen molar-refractivity contribution in [3.05, 3.63) is 137 Å². The van der Waals surface area contributed by atoms with Crippen LogP contribution in [0.15, 0.2) is 120 Å². The Labute approximate surface area is 193 Å². The van der Waals surface area contributed by atoms with Gasteiger partial charge in [-0.2, -0.15) is 0 Å². The number of hydrogen-bond acceptors (Lipinski definition) is 1. The zero-order chi connectivity index (χ0) is 21.1. The lowest BCUT2D eigenvalue weighted by Gasteiger charge is -2.30. The van der Waals surface area contributed by atoms with Crippen molar-refractivity contribution in [3.63, 3.8) is 0 Å². The first-order chi connectivity index (χ1) is 15.9. The second kappa shape index (κ2) is 7.19. The van der Waals surface area contributed by atoms with Crippen LogP contribution in [0, 0.1) is 0 Å². The lowest BCUT2D eigenvalue weighted by Crippen LogP contribution is -2.20. The van der Waals surface area contributed by atoms with Crippen molar-refractivity contribution in [2.45, 2.75) is 16.6 Å². The van der Waals surface area contributed by atoms with Gasteiger partial charge in [0.2, 0.25) is 0 Å². The Morgan fingerprint density at radius 1 is 0.562 bits per heavy atom. The molecule has 4 aliphatic rings. The summed E-state index contributed by atoms with van der Waals surface area (Å²) in [4.78, 5) is 0. The van der Waals surface area contributed by atoms with Crippen molar-refractivity contribution in [1.29, 1.82) is 0 Å². The molecule has 3 aliphatic heterocycles.